The molecule has 4 nitrogen and oxygen atoms in total. The fraction of sp³-hybridized carbons (Fsp3) is 0.300. The molecular weight excluding hydrogens is 300 g/mol. The Bertz CT molecular complexity index is 685. The fourth-order valence-corrected chi connectivity index (χ4v) is 3.02. The molecule has 1 aliphatic rings. The van der Waals surface area contributed by atoms with Crippen molar-refractivity contribution < 1.29 is 9.59 Å². The van der Waals surface area contributed by atoms with Crippen LogP contribution in [0.25, 0.3) is 0 Å². The monoisotopic (exact) mass is 322 g/mol. The molecule has 3 rings (SSSR count). The number of amides is 2. The van der Waals surface area contributed by atoms with Crippen molar-refractivity contribution in [3.8, 4) is 0 Å². The Morgan fingerprint density at radius 2 is 1.62 bits per heavy atom. The van der Waals surface area contributed by atoms with Crippen LogP contribution in [0.15, 0.2) is 60.7 Å². The lowest BCUT2D eigenvalue weighted by atomic mass is 10.1. The van der Waals surface area contributed by atoms with Gasteiger partial charge in [0.25, 0.3) is 0 Å². The van der Waals surface area contributed by atoms with Gasteiger partial charge < -0.3 is 10.2 Å². The first-order valence-electron chi connectivity index (χ1n) is 8.36. The van der Waals surface area contributed by atoms with E-state index in [9.17, 15) is 9.59 Å². The first-order chi connectivity index (χ1) is 11.7. The first-order valence-corrected chi connectivity index (χ1v) is 8.36. The van der Waals surface area contributed by atoms with E-state index in [0.29, 0.717) is 26.1 Å². The smallest absolute Gasteiger partial charge is 0.225 e. The topological polar surface area (TPSA) is 49.4 Å². The quantitative estimate of drug-likeness (QED) is 0.888. The SMILES string of the molecule is O=C(NCCc1ccccc1)[C@@H]1CC(=O)N(Cc2ccccc2)C1. The van der Waals surface area contributed by atoms with E-state index in [1.54, 1.807) is 4.90 Å². The predicted molar refractivity (Wildman–Crippen MR) is 93.1 cm³/mol. The van der Waals surface area contributed by atoms with E-state index < -0.39 is 0 Å². The molecule has 1 atom stereocenters. The predicted octanol–water partition coefficient (Wildman–Crippen LogP) is 2.39. The largest absolute Gasteiger partial charge is 0.355 e. The Morgan fingerprint density at radius 1 is 1.00 bits per heavy atom. The molecule has 24 heavy (non-hydrogen) atoms. The normalized spacial score (nSPS) is 17.1. The van der Waals surface area contributed by atoms with E-state index in [1.807, 2.05) is 60.7 Å². The molecule has 1 saturated heterocycles. The van der Waals surface area contributed by atoms with Crippen molar-refractivity contribution >= 4 is 11.8 Å². The van der Waals surface area contributed by atoms with Crippen molar-refractivity contribution in [2.75, 3.05) is 13.1 Å². The third kappa shape index (κ3) is 4.22. The Hall–Kier alpha value is -2.62. The molecule has 1 aliphatic heterocycles. The molecule has 124 valence electrons. The summed E-state index contributed by atoms with van der Waals surface area (Å²) in [6, 6.07) is 19.9. The number of nitrogens with zero attached hydrogens (tertiary/aromatic N) is 1. The number of carbonyl (C=O) groups is 2. The highest BCUT2D eigenvalue weighted by molar-refractivity contribution is 5.89. The molecule has 0 saturated carbocycles. The lowest BCUT2D eigenvalue weighted by Gasteiger charge is -2.16. The van der Waals surface area contributed by atoms with E-state index in [-0.39, 0.29) is 17.7 Å². The molecule has 2 aromatic carbocycles. The molecular formula is C20H22N2O2. The number of nitrogens with one attached hydrogen (secondary N) is 1. The summed E-state index contributed by atoms with van der Waals surface area (Å²) in [6.45, 7) is 1.69. The van der Waals surface area contributed by atoms with Crippen LogP contribution in [0, 0.1) is 5.92 Å². The highest BCUT2D eigenvalue weighted by Crippen LogP contribution is 2.20. The minimum atomic E-state index is -0.239. The minimum absolute atomic E-state index is 0.0187. The molecule has 0 bridgehead atoms. The molecule has 1 N–H and O–H groups in total. The first kappa shape index (κ1) is 16.2. The van der Waals surface area contributed by atoms with Crippen LogP contribution in [0.1, 0.15) is 17.5 Å². The molecule has 0 unspecified atom stereocenters. The maximum absolute atomic E-state index is 12.3. The maximum atomic E-state index is 12.3. The summed E-state index contributed by atoms with van der Waals surface area (Å²) >= 11 is 0. The Labute approximate surface area is 142 Å². The van der Waals surface area contributed by atoms with E-state index in [0.717, 1.165) is 12.0 Å². The van der Waals surface area contributed by atoms with E-state index in [4.69, 9.17) is 0 Å². The second kappa shape index (κ2) is 7.77. The number of rotatable bonds is 6. The van der Waals surface area contributed by atoms with Crippen LogP contribution in [0.2, 0.25) is 0 Å². The van der Waals surface area contributed by atoms with E-state index in [2.05, 4.69) is 5.32 Å². The highest BCUT2D eigenvalue weighted by Gasteiger charge is 2.33. The number of likely N-dealkylation sites (tertiary alicyclic amines) is 1. The van der Waals surface area contributed by atoms with Gasteiger partial charge in [0, 0.05) is 26.1 Å². The molecule has 1 heterocycles. The molecule has 4 heteroatoms. The zero-order valence-electron chi connectivity index (χ0n) is 13.7. The van der Waals surface area contributed by atoms with Crippen LogP contribution in [0.4, 0.5) is 0 Å². The van der Waals surface area contributed by atoms with Crippen molar-refractivity contribution in [3.05, 3.63) is 71.8 Å². The lowest BCUT2D eigenvalue weighted by Crippen LogP contribution is -2.34. The van der Waals surface area contributed by atoms with Gasteiger partial charge >= 0.3 is 0 Å². The third-order valence-corrected chi connectivity index (χ3v) is 4.36. The summed E-state index contributed by atoms with van der Waals surface area (Å²) < 4.78 is 0. The zero-order chi connectivity index (χ0) is 16.8. The molecule has 0 aromatic heterocycles. The van der Waals surface area contributed by atoms with Crippen molar-refractivity contribution in [2.24, 2.45) is 5.92 Å². The van der Waals surface area contributed by atoms with Crippen LogP contribution in [0.3, 0.4) is 0 Å². The average Bonchev–Trinajstić information content (AvgIpc) is 2.97. The van der Waals surface area contributed by atoms with Crippen LogP contribution in [0.5, 0.6) is 0 Å². The third-order valence-electron chi connectivity index (χ3n) is 4.36. The molecule has 0 spiro atoms. The van der Waals surface area contributed by atoms with Gasteiger partial charge in [-0.05, 0) is 17.5 Å². The van der Waals surface area contributed by atoms with Crippen LogP contribution >= 0.6 is 0 Å². The van der Waals surface area contributed by atoms with Crippen molar-refractivity contribution in [3.63, 3.8) is 0 Å². The van der Waals surface area contributed by atoms with Gasteiger partial charge in [0.15, 0.2) is 0 Å². The second-order valence-corrected chi connectivity index (χ2v) is 6.19. The molecule has 0 aliphatic carbocycles. The Balaban J connectivity index is 1.47. The fourth-order valence-electron chi connectivity index (χ4n) is 3.02. The summed E-state index contributed by atoms with van der Waals surface area (Å²) in [4.78, 5) is 26.2. The van der Waals surface area contributed by atoms with Crippen molar-refractivity contribution in [1.29, 1.82) is 0 Å². The van der Waals surface area contributed by atoms with Gasteiger partial charge in [-0.3, -0.25) is 9.59 Å². The van der Waals surface area contributed by atoms with Gasteiger partial charge in [-0.25, -0.2) is 0 Å². The highest BCUT2D eigenvalue weighted by atomic mass is 16.2. The number of benzene rings is 2. The van der Waals surface area contributed by atoms with Crippen molar-refractivity contribution in [2.45, 2.75) is 19.4 Å². The molecule has 0 radical (unpaired) electrons. The standard InChI is InChI=1S/C20H22N2O2/c23-19-13-18(15-22(19)14-17-9-5-2-6-10-17)20(24)21-12-11-16-7-3-1-4-8-16/h1-10,18H,11-15H2,(H,21,24)/t18-/m1/s1. The zero-order valence-corrected chi connectivity index (χ0v) is 13.7. The molecule has 1 fully saturated rings. The lowest BCUT2D eigenvalue weighted by molar-refractivity contribution is -0.129. The van der Waals surface area contributed by atoms with Crippen LogP contribution < -0.4 is 5.32 Å². The summed E-state index contributed by atoms with van der Waals surface area (Å²) in [5.41, 5.74) is 2.29. The van der Waals surface area contributed by atoms with Crippen LogP contribution in [-0.4, -0.2) is 29.8 Å². The summed E-state index contributed by atoms with van der Waals surface area (Å²) in [7, 11) is 0. The van der Waals surface area contributed by atoms with E-state index in [1.165, 1.54) is 5.56 Å². The van der Waals surface area contributed by atoms with Gasteiger partial charge in [-0.15, -0.1) is 0 Å². The van der Waals surface area contributed by atoms with Crippen LogP contribution in [-0.2, 0) is 22.6 Å². The number of carbonyl (C=O) groups excluding carboxylic acids is 2. The summed E-state index contributed by atoms with van der Waals surface area (Å²) in [6.07, 6.45) is 1.12. The average molecular weight is 322 g/mol. The van der Waals surface area contributed by atoms with Gasteiger partial charge in [0.2, 0.25) is 11.8 Å². The summed E-state index contributed by atoms with van der Waals surface area (Å²) in [5, 5.41) is 2.96. The number of hydrogen-bond acceptors (Lipinski definition) is 2. The van der Waals surface area contributed by atoms with E-state index >= 15 is 0 Å². The summed E-state index contributed by atoms with van der Waals surface area (Å²) in [5.74, 6) is -0.200. The molecule has 2 amide bonds. The molecule has 2 aromatic rings. The second-order valence-electron chi connectivity index (χ2n) is 6.19. The maximum Gasteiger partial charge on any atom is 0.225 e. The number of hydrogen-bond donors (Lipinski definition) is 1. The van der Waals surface area contributed by atoms with Gasteiger partial charge in [-0.2, -0.15) is 0 Å². The van der Waals surface area contributed by atoms with Gasteiger partial charge in [-0.1, -0.05) is 60.7 Å². The minimum Gasteiger partial charge on any atom is -0.355 e. The van der Waals surface area contributed by atoms with Gasteiger partial charge in [0.1, 0.15) is 0 Å². The van der Waals surface area contributed by atoms with Gasteiger partial charge in [0.05, 0.1) is 5.92 Å². The Kier molecular flexibility index (Phi) is 5.26. The van der Waals surface area contributed by atoms with Crippen molar-refractivity contribution in [1.82, 2.24) is 10.2 Å². The Morgan fingerprint density at radius 3 is 2.29 bits per heavy atom.